The zero-order valence-corrected chi connectivity index (χ0v) is 32.9. The topological polar surface area (TPSA) is 210 Å². The molecule has 2 atom stereocenters. The molecule has 2 aliphatic rings. The molecular formula is C45H38N2O15. The molecule has 2 aromatic heterocycles. The van der Waals surface area contributed by atoms with Gasteiger partial charge in [-0.1, -0.05) is 12.1 Å². The number of nitrogens with zero attached hydrogens (tertiary/aromatic N) is 2. The fraction of sp³-hybridized carbons (Fsp3) is 0.244. The van der Waals surface area contributed by atoms with Gasteiger partial charge in [0.1, 0.15) is 53.0 Å². The van der Waals surface area contributed by atoms with Gasteiger partial charge in [-0.25, -0.2) is 29.1 Å². The van der Waals surface area contributed by atoms with Crippen LogP contribution in [-0.2, 0) is 15.9 Å². The van der Waals surface area contributed by atoms with Crippen LogP contribution in [0.2, 0.25) is 0 Å². The van der Waals surface area contributed by atoms with Gasteiger partial charge < -0.3 is 51.5 Å². The summed E-state index contributed by atoms with van der Waals surface area (Å²) in [5.41, 5.74) is 1.11. The summed E-state index contributed by atoms with van der Waals surface area (Å²) in [6.45, 7) is 2.76. The number of rotatable bonds is 21. The van der Waals surface area contributed by atoms with Crippen molar-refractivity contribution in [1.29, 1.82) is 0 Å². The number of oxazole rings is 2. The number of aryl methyl sites for hydroxylation is 1. The fourth-order valence-electron chi connectivity index (χ4n) is 5.58. The smallest absolute Gasteiger partial charge is 0.400 e. The van der Waals surface area contributed by atoms with Crippen molar-refractivity contribution in [2.75, 3.05) is 33.0 Å². The molecule has 0 N–H and O–H groups in total. The van der Waals surface area contributed by atoms with Gasteiger partial charge in [-0.3, -0.25) is 0 Å². The number of carbonyl (C=O) groups is 4. The van der Waals surface area contributed by atoms with Crippen molar-refractivity contribution in [3.8, 4) is 40.2 Å². The van der Waals surface area contributed by atoms with Crippen LogP contribution in [0.25, 0.3) is 0 Å². The Morgan fingerprint density at radius 1 is 0.484 bits per heavy atom. The molecule has 0 aliphatic carbocycles. The first kappa shape index (κ1) is 41.2. The molecule has 0 saturated carbocycles. The SMILES string of the molecule is O=C(Oc1ccc(CCC2CO2)cc1)c1cnc(C(=O)Oc2ccc(OCCCCOc3ccc(OC(=O)c4cnc(C(=O)Oc5ccc(OCC6CO6)cc5)o4)cc3)cc2)o1. The van der Waals surface area contributed by atoms with Crippen LogP contribution in [0.5, 0.6) is 40.2 Å². The van der Waals surface area contributed by atoms with Gasteiger partial charge in [0.25, 0.3) is 0 Å². The largest absolute Gasteiger partial charge is 0.494 e. The van der Waals surface area contributed by atoms with Crippen molar-refractivity contribution in [1.82, 2.24) is 9.97 Å². The van der Waals surface area contributed by atoms with Crippen molar-refractivity contribution in [2.24, 2.45) is 0 Å². The maximum absolute atomic E-state index is 12.6. The second kappa shape index (κ2) is 19.7. The van der Waals surface area contributed by atoms with E-state index >= 15 is 0 Å². The molecule has 17 heteroatoms. The molecule has 62 heavy (non-hydrogen) atoms. The molecule has 2 unspecified atom stereocenters. The third-order valence-electron chi connectivity index (χ3n) is 9.07. The van der Waals surface area contributed by atoms with Crippen LogP contribution in [0.15, 0.2) is 118 Å². The maximum atomic E-state index is 12.6. The minimum absolute atomic E-state index is 0.118. The van der Waals surface area contributed by atoms with Crippen molar-refractivity contribution in [2.45, 2.75) is 37.9 Å². The molecule has 0 spiro atoms. The Morgan fingerprint density at radius 2 is 0.855 bits per heavy atom. The first-order chi connectivity index (χ1) is 30.3. The number of benzene rings is 4. The highest BCUT2D eigenvalue weighted by Crippen LogP contribution is 2.24. The number of ether oxygens (including phenoxy) is 9. The van der Waals surface area contributed by atoms with Crippen molar-refractivity contribution < 1.29 is 70.6 Å². The zero-order chi connectivity index (χ0) is 42.7. The summed E-state index contributed by atoms with van der Waals surface area (Å²) in [7, 11) is 0. The first-order valence-electron chi connectivity index (χ1n) is 19.6. The van der Waals surface area contributed by atoms with E-state index in [1.54, 1.807) is 84.9 Å². The van der Waals surface area contributed by atoms with E-state index in [0.29, 0.717) is 68.4 Å². The average Bonchev–Trinajstić information content (AvgIpc) is 4.20. The first-order valence-corrected chi connectivity index (χ1v) is 19.6. The van der Waals surface area contributed by atoms with Crippen LogP contribution in [-0.4, -0.2) is 79.1 Å². The standard InChI is InChI=1S/C45H38N2O15/c48-42(57-32-6-3-28(4-7-32)5-8-36-25-55-36)38-23-46-40(61-38)44(50)59-34-17-11-30(12-18-34)53-22-2-1-21-52-29-9-15-33(16-10-29)58-43(49)39-24-47-41(62-39)45(51)60-35-19-13-31(14-20-35)54-26-37-27-56-37/h3-4,6-7,9-20,23-24,36-37H,1-2,5,8,21-22,25-27H2. The Kier molecular flexibility index (Phi) is 13.1. The van der Waals surface area contributed by atoms with Gasteiger partial charge >= 0.3 is 35.7 Å². The average molecular weight is 847 g/mol. The predicted molar refractivity (Wildman–Crippen MR) is 212 cm³/mol. The molecule has 4 heterocycles. The van der Waals surface area contributed by atoms with Crippen molar-refractivity contribution in [3.63, 3.8) is 0 Å². The van der Waals surface area contributed by atoms with E-state index in [1.165, 1.54) is 0 Å². The fourth-order valence-corrected chi connectivity index (χ4v) is 5.58. The van der Waals surface area contributed by atoms with Crippen LogP contribution < -0.4 is 33.2 Å². The summed E-state index contributed by atoms with van der Waals surface area (Å²) in [6.07, 6.45) is 5.84. The lowest BCUT2D eigenvalue weighted by Gasteiger charge is -2.09. The summed E-state index contributed by atoms with van der Waals surface area (Å²) in [5.74, 6) is -2.00. The number of unbranched alkanes of at least 4 members (excludes halogenated alkanes) is 1. The third-order valence-corrected chi connectivity index (χ3v) is 9.07. The van der Waals surface area contributed by atoms with Crippen LogP contribution in [0.4, 0.5) is 0 Å². The maximum Gasteiger partial charge on any atom is 0.400 e. The Morgan fingerprint density at radius 3 is 1.27 bits per heavy atom. The van der Waals surface area contributed by atoms with E-state index in [1.807, 2.05) is 12.1 Å². The van der Waals surface area contributed by atoms with Gasteiger partial charge in [0.05, 0.1) is 44.9 Å². The van der Waals surface area contributed by atoms with Crippen molar-refractivity contribution >= 4 is 23.9 Å². The molecule has 2 saturated heterocycles. The summed E-state index contributed by atoms with van der Waals surface area (Å²) in [6, 6.07) is 26.4. The highest BCUT2D eigenvalue weighted by molar-refractivity contribution is 5.91. The van der Waals surface area contributed by atoms with Crippen molar-refractivity contribution in [3.05, 3.63) is 138 Å². The number of aromatic nitrogens is 2. The summed E-state index contributed by atoms with van der Waals surface area (Å²) in [5, 5.41) is 0. The summed E-state index contributed by atoms with van der Waals surface area (Å²) >= 11 is 0. The molecule has 17 nitrogen and oxygen atoms in total. The Bertz CT molecular complexity index is 2280. The highest BCUT2D eigenvalue weighted by Gasteiger charge is 2.25. The number of epoxide rings is 2. The lowest BCUT2D eigenvalue weighted by Crippen LogP contribution is -2.10. The molecule has 318 valence electrons. The number of hydrogen-bond donors (Lipinski definition) is 0. The quantitative estimate of drug-likeness (QED) is 0.0312. The molecule has 8 rings (SSSR count). The monoisotopic (exact) mass is 846 g/mol. The molecule has 4 aromatic carbocycles. The number of carbonyl (C=O) groups excluding carboxylic acids is 4. The Labute approximate surface area is 353 Å². The lowest BCUT2D eigenvalue weighted by molar-refractivity contribution is 0.0649. The number of esters is 4. The predicted octanol–water partition coefficient (Wildman–Crippen LogP) is 6.89. The van der Waals surface area contributed by atoms with E-state index in [9.17, 15) is 19.2 Å². The van der Waals surface area contributed by atoms with E-state index in [-0.39, 0.29) is 34.9 Å². The Hall–Kier alpha value is -7.50. The van der Waals surface area contributed by atoms with E-state index in [2.05, 4.69) is 9.97 Å². The van der Waals surface area contributed by atoms with Crippen LogP contribution in [0, 0.1) is 0 Å². The molecule has 0 bridgehead atoms. The van der Waals surface area contributed by atoms with Gasteiger partial charge in [0.15, 0.2) is 0 Å². The summed E-state index contributed by atoms with van der Waals surface area (Å²) in [4.78, 5) is 57.9. The molecule has 2 fully saturated rings. The van der Waals surface area contributed by atoms with Gasteiger partial charge in [-0.15, -0.1) is 0 Å². The number of hydrogen-bond acceptors (Lipinski definition) is 17. The zero-order valence-electron chi connectivity index (χ0n) is 32.9. The van der Waals surface area contributed by atoms with Gasteiger partial charge in [-0.2, -0.15) is 0 Å². The van der Waals surface area contributed by atoms with Gasteiger partial charge in [-0.05, 0) is 116 Å². The van der Waals surface area contributed by atoms with E-state index in [4.69, 9.17) is 51.5 Å². The normalized spacial score (nSPS) is 14.9. The van der Waals surface area contributed by atoms with E-state index < -0.39 is 35.7 Å². The molecule has 2 aliphatic heterocycles. The van der Waals surface area contributed by atoms with Gasteiger partial charge in [0, 0.05) is 0 Å². The second-order valence-corrected chi connectivity index (χ2v) is 13.8. The summed E-state index contributed by atoms with van der Waals surface area (Å²) < 4.78 is 59.3. The molecular weight excluding hydrogens is 808 g/mol. The molecule has 6 aromatic rings. The van der Waals surface area contributed by atoms with Crippen LogP contribution >= 0.6 is 0 Å². The third kappa shape index (κ3) is 12.0. The minimum Gasteiger partial charge on any atom is -0.494 e. The molecule has 0 radical (unpaired) electrons. The lowest BCUT2D eigenvalue weighted by atomic mass is 10.1. The highest BCUT2D eigenvalue weighted by atomic mass is 16.6. The van der Waals surface area contributed by atoms with Crippen LogP contribution in [0.3, 0.4) is 0 Å². The minimum atomic E-state index is -0.886. The van der Waals surface area contributed by atoms with Crippen LogP contribution in [0.1, 0.15) is 67.3 Å². The van der Waals surface area contributed by atoms with E-state index in [0.717, 1.165) is 37.4 Å². The van der Waals surface area contributed by atoms with Gasteiger partial charge in [0.2, 0.25) is 11.5 Å². The Balaban J connectivity index is 0.690. The molecule has 0 amide bonds. The second-order valence-electron chi connectivity index (χ2n) is 13.8.